The highest BCUT2D eigenvalue weighted by molar-refractivity contribution is 7.91. The van der Waals surface area contributed by atoms with E-state index in [2.05, 4.69) is 6.58 Å². The van der Waals surface area contributed by atoms with Gasteiger partial charge in [0.1, 0.15) is 25.9 Å². The molecule has 4 heterocycles. The molecule has 354 valence electrons. The highest BCUT2D eigenvalue weighted by Crippen LogP contribution is 2.41. The number of sulfone groups is 1. The monoisotopic (exact) mass is 930 g/mol. The van der Waals surface area contributed by atoms with E-state index in [9.17, 15) is 27.6 Å². The minimum absolute atomic E-state index is 0.0226. The van der Waals surface area contributed by atoms with E-state index in [0.717, 1.165) is 5.57 Å². The molecule has 7 rings (SSSR count). The van der Waals surface area contributed by atoms with Crippen molar-refractivity contribution in [2.45, 2.75) is 105 Å². The summed E-state index contributed by atoms with van der Waals surface area (Å²) in [5.74, 6) is -3.68. The molecule has 3 aromatic rings. The Labute approximate surface area is 385 Å². The summed E-state index contributed by atoms with van der Waals surface area (Å²) < 4.78 is 82.4. The molecule has 66 heavy (non-hydrogen) atoms. The average Bonchev–Trinajstić information content (AvgIpc) is 3.80. The molecule has 11 atom stereocenters. The zero-order chi connectivity index (χ0) is 46.8. The number of hydrogen-bond acceptors (Lipinski definition) is 15. The van der Waals surface area contributed by atoms with Gasteiger partial charge in [-0.2, -0.15) is 0 Å². The van der Waals surface area contributed by atoms with Gasteiger partial charge in [-0.25, -0.2) is 22.8 Å². The van der Waals surface area contributed by atoms with Crippen LogP contribution in [0.5, 0.6) is 0 Å². The third-order valence-electron chi connectivity index (χ3n) is 12.6. The first-order chi connectivity index (χ1) is 31.8. The summed E-state index contributed by atoms with van der Waals surface area (Å²) >= 11 is 0. The Morgan fingerprint density at radius 1 is 0.818 bits per heavy atom. The average molecular weight is 931 g/mol. The molecule has 3 saturated heterocycles. The predicted octanol–water partition coefficient (Wildman–Crippen LogP) is 6.05. The number of carbonyl (C=O) groups excluding carboxylic acids is 4. The Hall–Kier alpha value is -5.23. The van der Waals surface area contributed by atoms with E-state index < -0.39 is 82.3 Å². The van der Waals surface area contributed by atoms with Crippen LogP contribution in [0, 0.1) is 11.8 Å². The maximum Gasteiger partial charge on any atom is 0.338 e. The number of hydrogen-bond donors (Lipinski definition) is 0. The van der Waals surface area contributed by atoms with Crippen LogP contribution in [0.1, 0.15) is 66.2 Å². The Kier molecular flexibility index (Phi) is 16.6. The molecule has 0 aromatic heterocycles. The quantitative estimate of drug-likeness (QED) is 0.0724. The van der Waals surface area contributed by atoms with E-state index in [4.69, 9.17) is 42.6 Å². The van der Waals surface area contributed by atoms with Crippen molar-refractivity contribution in [3.8, 4) is 0 Å². The van der Waals surface area contributed by atoms with Gasteiger partial charge in [0.2, 0.25) is 0 Å². The van der Waals surface area contributed by atoms with Gasteiger partial charge in [0.15, 0.2) is 15.9 Å². The van der Waals surface area contributed by atoms with Gasteiger partial charge in [-0.1, -0.05) is 72.8 Å². The minimum atomic E-state index is -3.92. The van der Waals surface area contributed by atoms with E-state index in [1.54, 1.807) is 78.9 Å². The molecule has 4 aliphatic rings. The molecule has 3 aromatic carbocycles. The number of rotatable bonds is 20. The lowest BCUT2D eigenvalue weighted by Gasteiger charge is -2.37. The van der Waals surface area contributed by atoms with E-state index in [1.165, 1.54) is 26.4 Å². The van der Waals surface area contributed by atoms with Gasteiger partial charge in [0, 0.05) is 45.3 Å². The molecule has 0 radical (unpaired) electrons. The van der Waals surface area contributed by atoms with E-state index in [1.807, 2.05) is 13.0 Å². The molecular formula is C50H58O15S. The second kappa shape index (κ2) is 22.5. The van der Waals surface area contributed by atoms with Gasteiger partial charge in [-0.15, -0.1) is 0 Å². The SMILES string of the molecule is C=C1C(CCC2C=C(C)C(COC(=O)COC)C(C[C@@H]3OC(C[C@@H](COC(=O)c4ccccc4)OC(=O)c4ccccc4)[C@H](OC)C3CS(=O)(=O)c3ccccc3)O2)O[C@H]2CCC(=O)O[C@@H]12. The third kappa shape index (κ3) is 12.2. The largest absolute Gasteiger partial charge is 0.463 e. The Morgan fingerprint density at radius 3 is 2.15 bits per heavy atom. The third-order valence-corrected chi connectivity index (χ3v) is 14.4. The van der Waals surface area contributed by atoms with Crippen molar-refractivity contribution in [3.63, 3.8) is 0 Å². The van der Waals surface area contributed by atoms with Crippen molar-refractivity contribution in [2.75, 3.05) is 39.8 Å². The highest BCUT2D eigenvalue weighted by Gasteiger charge is 2.50. The van der Waals surface area contributed by atoms with Crippen molar-refractivity contribution in [3.05, 3.63) is 126 Å². The molecule has 0 spiro atoms. The van der Waals surface area contributed by atoms with Crippen molar-refractivity contribution in [1.82, 2.24) is 0 Å². The summed E-state index contributed by atoms with van der Waals surface area (Å²) in [6.45, 7) is 5.53. The zero-order valence-electron chi connectivity index (χ0n) is 37.4. The fourth-order valence-corrected chi connectivity index (χ4v) is 11.0. The Bertz CT molecular complexity index is 2290. The van der Waals surface area contributed by atoms with Crippen LogP contribution >= 0.6 is 0 Å². The lowest BCUT2D eigenvalue weighted by Crippen LogP contribution is -2.42. The van der Waals surface area contributed by atoms with Crippen LogP contribution in [0.4, 0.5) is 0 Å². The van der Waals surface area contributed by atoms with Gasteiger partial charge in [0.05, 0.1) is 64.5 Å². The van der Waals surface area contributed by atoms with Crippen molar-refractivity contribution < 1.29 is 70.2 Å². The second-order valence-corrected chi connectivity index (χ2v) is 19.1. The van der Waals surface area contributed by atoms with Crippen molar-refractivity contribution >= 4 is 33.7 Å². The van der Waals surface area contributed by atoms with Crippen molar-refractivity contribution in [2.24, 2.45) is 11.8 Å². The number of benzene rings is 3. The topological polar surface area (TPSA) is 185 Å². The van der Waals surface area contributed by atoms with Crippen LogP contribution in [-0.4, -0.2) is 127 Å². The number of esters is 4. The fourth-order valence-electron chi connectivity index (χ4n) is 9.29. The van der Waals surface area contributed by atoms with Gasteiger partial charge in [-0.05, 0) is 68.2 Å². The van der Waals surface area contributed by atoms with Gasteiger partial charge in [0.25, 0.3) is 0 Å². The molecule has 16 heteroatoms. The van der Waals surface area contributed by atoms with Crippen LogP contribution in [0.3, 0.4) is 0 Å². The molecule has 4 aliphatic heterocycles. The first kappa shape index (κ1) is 48.7. The lowest BCUT2D eigenvalue weighted by atomic mass is 9.84. The summed E-state index contributed by atoms with van der Waals surface area (Å²) in [5, 5.41) is 0. The van der Waals surface area contributed by atoms with E-state index >= 15 is 0 Å². The normalized spacial score (nSPS) is 27.8. The van der Waals surface area contributed by atoms with Gasteiger partial charge in [-0.3, -0.25) is 4.79 Å². The summed E-state index contributed by atoms with van der Waals surface area (Å²) in [6.07, 6.45) is -1.66. The number of carbonyl (C=O) groups is 4. The molecule has 0 bridgehead atoms. The van der Waals surface area contributed by atoms with Crippen LogP contribution in [0.25, 0.3) is 0 Å². The summed E-state index contributed by atoms with van der Waals surface area (Å²) in [4.78, 5) is 51.4. The first-order valence-corrected chi connectivity index (χ1v) is 23.9. The Morgan fingerprint density at radius 2 is 1.48 bits per heavy atom. The molecular weight excluding hydrogens is 873 g/mol. The summed E-state index contributed by atoms with van der Waals surface area (Å²) in [7, 11) is -1.05. The number of methoxy groups -OCH3 is 2. The molecule has 0 saturated carbocycles. The second-order valence-electron chi connectivity index (χ2n) is 17.1. The lowest BCUT2D eigenvalue weighted by molar-refractivity contribution is -0.158. The molecule has 15 nitrogen and oxygen atoms in total. The Balaban J connectivity index is 1.15. The smallest absolute Gasteiger partial charge is 0.338 e. The molecule has 6 unspecified atom stereocenters. The molecule has 0 aliphatic carbocycles. The standard InChI is InChI=1S/C50H58O15S/c1-31-24-35(20-21-40-32(2)47-41(63-40)22-23-45(51)65-47)61-42(38(31)28-59-46(52)29-57-3)26-43-39(30-66(55,56)37-18-12-7-13-19-37)48(58-4)44(64-43)25-36(62-50(54)34-16-10-6-11-17-34)27-60-49(53)33-14-8-5-9-15-33/h5-19,24,35-36,38-44,47-48H,2,20-23,25-30H2,1,3-4H3/t35?,36-,38?,39?,40?,41-,42?,43-,44?,47-,48+/m0/s1. The van der Waals surface area contributed by atoms with Gasteiger partial charge >= 0.3 is 23.9 Å². The fraction of sp³-hybridized carbons (Fsp3) is 0.480. The number of ether oxygens (including phenoxy) is 9. The summed E-state index contributed by atoms with van der Waals surface area (Å²) in [5.41, 5.74) is 2.21. The van der Waals surface area contributed by atoms with Crippen LogP contribution in [0.2, 0.25) is 0 Å². The highest BCUT2D eigenvalue weighted by atomic mass is 32.2. The summed E-state index contributed by atoms with van der Waals surface area (Å²) in [6, 6.07) is 24.9. The van der Waals surface area contributed by atoms with Crippen LogP contribution in [0.15, 0.2) is 120 Å². The number of fused-ring (bicyclic) bond motifs is 1. The van der Waals surface area contributed by atoms with E-state index in [0.29, 0.717) is 30.4 Å². The first-order valence-electron chi connectivity index (χ1n) is 22.3. The molecule has 0 amide bonds. The molecule has 3 fully saturated rings. The molecule has 0 N–H and O–H groups in total. The maximum atomic E-state index is 14.2. The predicted molar refractivity (Wildman–Crippen MR) is 238 cm³/mol. The van der Waals surface area contributed by atoms with Crippen LogP contribution in [-0.2, 0) is 62.1 Å². The van der Waals surface area contributed by atoms with Crippen molar-refractivity contribution in [1.29, 1.82) is 0 Å². The maximum absolute atomic E-state index is 14.2. The van der Waals surface area contributed by atoms with E-state index in [-0.39, 0.29) is 73.5 Å². The minimum Gasteiger partial charge on any atom is -0.463 e. The van der Waals surface area contributed by atoms with Gasteiger partial charge < -0.3 is 42.6 Å². The van der Waals surface area contributed by atoms with Crippen LogP contribution < -0.4 is 0 Å². The zero-order valence-corrected chi connectivity index (χ0v) is 38.2.